The number of ether oxygens (including phenoxy) is 12. The largest absolute Gasteiger partial charge is 0.463 e. The second-order valence-corrected chi connectivity index (χ2v) is 15.8. The second kappa shape index (κ2) is 58.0. The average molecular weight is 895 g/mol. The summed E-state index contributed by atoms with van der Waals surface area (Å²) in [6.45, 7) is 16.5. The number of unbranched alkanes of at least 4 members (excludes halogenated alkanes) is 20. The maximum Gasteiger partial charge on any atom is 0.305 e. The third-order valence-electron chi connectivity index (χ3n) is 10.1. The summed E-state index contributed by atoms with van der Waals surface area (Å²) in [7, 11) is 0. The molecule has 0 aromatic carbocycles. The van der Waals surface area contributed by atoms with Crippen molar-refractivity contribution in [3.8, 4) is 0 Å². The van der Waals surface area contributed by atoms with Gasteiger partial charge >= 0.3 is 5.97 Å². The van der Waals surface area contributed by atoms with Gasteiger partial charge in [-0.25, -0.2) is 0 Å². The predicted molar refractivity (Wildman–Crippen MR) is 248 cm³/mol. The van der Waals surface area contributed by atoms with Crippen LogP contribution in [0, 0.1) is 0 Å². The fraction of sp³-hybridized carbons (Fsp3) is 0.980. The first-order valence-electron chi connectivity index (χ1n) is 25.3. The maximum atomic E-state index is 11.8. The minimum Gasteiger partial charge on any atom is -0.463 e. The standard InChI is InChI=1S/C49H98O13/c1-3-5-7-9-11-13-14-15-16-18-20-22-24-26-51-27-28-52-29-30-53-31-32-54-33-34-55-35-36-56-37-38-57-39-40-58-41-42-59-43-44-60-45-46-61-47-48-62-49(50)25-23-21-19-17-12-10-8-6-4-2/h3-48H2,1-2H3. The lowest BCUT2D eigenvalue weighted by molar-refractivity contribution is -0.145. The van der Waals surface area contributed by atoms with Crippen molar-refractivity contribution in [2.75, 3.05) is 152 Å². The topological polar surface area (TPSA) is 128 Å². The summed E-state index contributed by atoms with van der Waals surface area (Å²) in [6.07, 6.45) is 29.4. The Morgan fingerprint density at radius 1 is 0.226 bits per heavy atom. The zero-order valence-corrected chi connectivity index (χ0v) is 40.3. The Hall–Kier alpha value is -0.970. The van der Waals surface area contributed by atoms with E-state index in [-0.39, 0.29) is 12.6 Å². The summed E-state index contributed by atoms with van der Waals surface area (Å²) in [5.41, 5.74) is 0. The molecule has 0 amide bonds. The molecule has 13 nitrogen and oxygen atoms in total. The quantitative estimate of drug-likeness (QED) is 0.0425. The van der Waals surface area contributed by atoms with E-state index in [1.807, 2.05) is 0 Å². The van der Waals surface area contributed by atoms with Gasteiger partial charge < -0.3 is 56.8 Å². The number of rotatable bonds is 57. The van der Waals surface area contributed by atoms with E-state index in [2.05, 4.69) is 13.8 Å². The van der Waals surface area contributed by atoms with Gasteiger partial charge in [-0.1, -0.05) is 142 Å². The first-order valence-corrected chi connectivity index (χ1v) is 25.3. The Labute approximate surface area is 380 Å². The molecule has 62 heavy (non-hydrogen) atoms. The minimum absolute atomic E-state index is 0.135. The van der Waals surface area contributed by atoms with Crippen molar-refractivity contribution in [3.05, 3.63) is 0 Å². The van der Waals surface area contributed by atoms with Gasteiger partial charge in [-0.15, -0.1) is 0 Å². The molecule has 0 bridgehead atoms. The van der Waals surface area contributed by atoms with Gasteiger partial charge in [0, 0.05) is 13.0 Å². The lowest BCUT2D eigenvalue weighted by Crippen LogP contribution is -2.15. The highest BCUT2D eigenvalue weighted by atomic mass is 16.6. The van der Waals surface area contributed by atoms with Gasteiger partial charge in [0.25, 0.3) is 0 Å². The molecule has 0 fully saturated rings. The molecule has 0 heterocycles. The van der Waals surface area contributed by atoms with Gasteiger partial charge in [0.15, 0.2) is 0 Å². The van der Waals surface area contributed by atoms with Crippen LogP contribution in [0.2, 0.25) is 0 Å². The summed E-state index contributed by atoms with van der Waals surface area (Å²) in [5.74, 6) is -0.135. The van der Waals surface area contributed by atoms with Gasteiger partial charge in [0.05, 0.1) is 139 Å². The SMILES string of the molecule is CCCCCCCCCCCCCCCOCCOCCOCCOCCOCCOCCOCCOCCOCCOCCOCCOC(=O)CCCCCCCCCCC. The van der Waals surface area contributed by atoms with Gasteiger partial charge in [-0.3, -0.25) is 4.79 Å². The summed E-state index contributed by atoms with van der Waals surface area (Å²) in [4.78, 5) is 11.8. The fourth-order valence-electron chi connectivity index (χ4n) is 6.39. The maximum absolute atomic E-state index is 11.8. The number of hydrogen-bond donors (Lipinski definition) is 0. The molecule has 0 aliphatic rings. The average Bonchev–Trinajstić information content (AvgIpc) is 3.28. The van der Waals surface area contributed by atoms with Crippen LogP contribution in [0.1, 0.15) is 162 Å². The highest BCUT2D eigenvalue weighted by Gasteiger charge is 2.03. The van der Waals surface area contributed by atoms with Crippen molar-refractivity contribution in [3.63, 3.8) is 0 Å². The lowest BCUT2D eigenvalue weighted by Gasteiger charge is -2.09. The van der Waals surface area contributed by atoms with Gasteiger partial charge in [-0.2, -0.15) is 0 Å². The molecule has 0 saturated heterocycles. The molecule has 0 aromatic heterocycles. The Morgan fingerprint density at radius 3 is 0.677 bits per heavy atom. The summed E-state index contributed by atoms with van der Waals surface area (Å²) in [6, 6.07) is 0. The van der Waals surface area contributed by atoms with E-state index in [1.54, 1.807) is 0 Å². The number of carbonyl (C=O) groups is 1. The predicted octanol–water partition coefficient (Wildman–Crippen LogP) is 9.72. The second-order valence-electron chi connectivity index (χ2n) is 15.8. The minimum atomic E-state index is -0.135. The van der Waals surface area contributed by atoms with E-state index in [1.165, 1.54) is 122 Å². The van der Waals surface area contributed by atoms with Gasteiger partial charge in [-0.05, 0) is 12.8 Å². The molecule has 372 valence electrons. The van der Waals surface area contributed by atoms with Crippen LogP contribution < -0.4 is 0 Å². The Bertz CT molecular complexity index is 810. The van der Waals surface area contributed by atoms with Crippen molar-refractivity contribution in [2.45, 2.75) is 162 Å². The third-order valence-corrected chi connectivity index (χ3v) is 10.1. The molecule has 0 unspecified atom stereocenters. The molecule has 0 atom stereocenters. The molecule has 0 radical (unpaired) electrons. The van der Waals surface area contributed by atoms with E-state index >= 15 is 0 Å². The normalized spacial score (nSPS) is 11.6. The fourth-order valence-corrected chi connectivity index (χ4v) is 6.39. The van der Waals surface area contributed by atoms with E-state index < -0.39 is 0 Å². The zero-order valence-electron chi connectivity index (χ0n) is 40.3. The molecule has 0 spiro atoms. The van der Waals surface area contributed by atoms with Crippen molar-refractivity contribution >= 4 is 5.97 Å². The summed E-state index contributed by atoms with van der Waals surface area (Å²) < 4.78 is 66.2. The first kappa shape index (κ1) is 61.0. The van der Waals surface area contributed by atoms with Crippen LogP contribution in [0.15, 0.2) is 0 Å². The van der Waals surface area contributed by atoms with E-state index in [0.717, 1.165) is 25.9 Å². The van der Waals surface area contributed by atoms with Crippen LogP contribution in [0.25, 0.3) is 0 Å². The van der Waals surface area contributed by atoms with Crippen LogP contribution in [-0.2, 0) is 61.6 Å². The Balaban J connectivity index is 3.10. The van der Waals surface area contributed by atoms with E-state index in [9.17, 15) is 4.79 Å². The van der Waals surface area contributed by atoms with Crippen LogP contribution >= 0.6 is 0 Å². The molecule has 0 saturated carbocycles. The lowest BCUT2D eigenvalue weighted by atomic mass is 10.0. The highest BCUT2D eigenvalue weighted by molar-refractivity contribution is 5.69. The molecular formula is C49H98O13. The Morgan fingerprint density at radius 2 is 0.419 bits per heavy atom. The van der Waals surface area contributed by atoms with E-state index in [0.29, 0.717) is 145 Å². The number of hydrogen-bond acceptors (Lipinski definition) is 13. The Kier molecular flexibility index (Phi) is 57.1. The smallest absolute Gasteiger partial charge is 0.305 e. The van der Waals surface area contributed by atoms with Crippen molar-refractivity contribution in [1.82, 2.24) is 0 Å². The van der Waals surface area contributed by atoms with Crippen LogP contribution in [0.4, 0.5) is 0 Å². The molecule has 0 aromatic rings. The molecule has 0 aliphatic carbocycles. The first-order chi connectivity index (χ1) is 30.8. The number of esters is 1. The van der Waals surface area contributed by atoms with Crippen molar-refractivity contribution < 1.29 is 61.6 Å². The summed E-state index contributed by atoms with van der Waals surface area (Å²) in [5, 5.41) is 0. The molecule has 13 heteroatoms. The molecule has 0 rings (SSSR count). The zero-order chi connectivity index (χ0) is 44.6. The van der Waals surface area contributed by atoms with Gasteiger partial charge in [0.1, 0.15) is 6.61 Å². The van der Waals surface area contributed by atoms with Gasteiger partial charge in [0.2, 0.25) is 0 Å². The van der Waals surface area contributed by atoms with E-state index in [4.69, 9.17) is 56.8 Å². The van der Waals surface area contributed by atoms with Crippen LogP contribution in [0.3, 0.4) is 0 Å². The molecule has 0 N–H and O–H groups in total. The highest BCUT2D eigenvalue weighted by Crippen LogP contribution is 2.13. The monoisotopic (exact) mass is 895 g/mol. The van der Waals surface area contributed by atoms with Crippen molar-refractivity contribution in [2.24, 2.45) is 0 Å². The van der Waals surface area contributed by atoms with Crippen LogP contribution in [0.5, 0.6) is 0 Å². The third kappa shape index (κ3) is 57.0. The van der Waals surface area contributed by atoms with Crippen LogP contribution in [-0.4, -0.2) is 158 Å². The molecular weight excluding hydrogens is 797 g/mol. The van der Waals surface area contributed by atoms with Crippen molar-refractivity contribution in [1.29, 1.82) is 0 Å². The number of carbonyl (C=O) groups excluding carboxylic acids is 1. The summed E-state index contributed by atoms with van der Waals surface area (Å²) >= 11 is 0. The molecule has 0 aliphatic heterocycles.